The van der Waals surface area contributed by atoms with Crippen LogP contribution >= 0.6 is 23.2 Å². The molecule has 1 aromatic carbocycles. The van der Waals surface area contributed by atoms with Crippen LogP contribution in [0.2, 0.25) is 10.0 Å². The Hall–Kier alpha value is -0.000000000000000222. The molecule has 0 saturated carbocycles. The van der Waals surface area contributed by atoms with Gasteiger partial charge in [-0.25, -0.2) is 0 Å². The van der Waals surface area contributed by atoms with E-state index in [1.807, 2.05) is 0 Å². The van der Waals surface area contributed by atoms with Gasteiger partial charge in [-0.1, -0.05) is 23.2 Å². The summed E-state index contributed by atoms with van der Waals surface area (Å²) in [5.74, 6) is -0.814. The van der Waals surface area contributed by atoms with Crippen LogP contribution in [0.3, 0.4) is 0 Å². The summed E-state index contributed by atoms with van der Waals surface area (Å²) in [4.78, 5) is 9.40. The van der Waals surface area contributed by atoms with Crippen LogP contribution in [0.25, 0.3) is 0 Å². The van der Waals surface area contributed by atoms with Crippen molar-refractivity contribution in [2.75, 3.05) is 0 Å². The van der Waals surface area contributed by atoms with Gasteiger partial charge < -0.3 is 5.11 Å². The van der Waals surface area contributed by atoms with E-state index in [9.17, 15) is 15.2 Å². The minimum absolute atomic E-state index is 0. The zero-order valence-corrected chi connectivity index (χ0v) is 10.1. The summed E-state index contributed by atoms with van der Waals surface area (Å²) < 4.78 is 0. The van der Waals surface area contributed by atoms with Gasteiger partial charge >= 0.3 is 29.6 Å². The Kier molecular flexibility index (Phi) is 5.02. The first-order valence-electron chi connectivity index (χ1n) is 2.83. The zero-order valence-electron chi connectivity index (χ0n) is 6.58. The van der Waals surface area contributed by atoms with Gasteiger partial charge in [0, 0.05) is 16.1 Å². The third-order valence-corrected chi connectivity index (χ3v) is 1.68. The SMILES string of the molecule is O=[N+]([O-])c1cc(Cl)cc(Cl)c1[O-].[Na+]. The predicted molar refractivity (Wildman–Crippen MR) is 42.6 cm³/mol. The molecule has 0 heterocycles. The zero-order chi connectivity index (χ0) is 9.30. The first kappa shape index (κ1) is 13.0. The second-order valence-electron chi connectivity index (χ2n) is 1.99. The van der Waals surface area contributed by atoms with Crippen molar-refractivity contribution in [1.82, 2.24) is 0 Å². The molecule has 0 aliphatic rings. The Labute approximate surface area is 106 Å². The number of hydrogen-bond donors (Lipinski definition) is 0. The molecule has 0 saturated heterocycles. The number of hydrogen-bond acceptors (Lipinski definition) is 3. The van der Waals surface area contributed by atoms with E-state index in [1.54, 1.807) is 0 Å². The molecule has 64 valence electrons. The molecule has 0 fully saturated rings. The van der Waals surface area contributed by atoms with Crippen molar-refractivity contribution >= 4 is 28.9 Å². The van der Waals surface area contributed by atoms with Crippen LogP contribution in [0.1, 0.15) is 0 Å². The van der Waals surface area contributed by atoms with Crippen LogP contribution in [0.4, 0.5) is 5.69 Å². The van der Waals surface area contributed by atoms with Gasteiger partial charge in [-0.2, -0.15) is 0 Å². The fraction of sp³-hybridized carbons (Fsp3) is 0. The molecule has 0 spiro atoms. The van der Waals surface area contributed by atoms with E-state index in [0.717, 1.165) is 6.07 Å². The van der Waals surface area contributed by atoms with E-state index in [-0.39, 0.29) is 39.6 Å². The Balaban J connectivity index is 0.00000144. The predicted octanol–water partition coefficient (Wildman–Crippen LogP) is -1.02. The van der Waals surface area contributed by atoms with E-state index in [2.05, 4.69) is 0 Å². The Morgan fingerprint density at radius 3 is 2.31 bits per heavy atom. The van der Waals surface area contributed by atoms with Gasteiger partial charge in [0.15, 0.2) is 0 Å². The van der Waals surface area contributed by atoms with E-state index >= 15 is 0 Å². The van der Waals surface area contributed by atoms with Crippen LogP contribution in [0.15, 0.2) is 12.1 Å². The Morgan fingerprint density at radius 2 is 1.85 bits per heavy atom. The van der Waals surface area contributed by atoms with Crippen molar-refractivity contribution < 1.29 is 39.6 Å². The largest absolute Gasteiger partial charge is 1.00 e. The third-order valence-electron chi connectivity index (χ3n) is 1.19. The minimum Gasteiger partial charge on any atom is -0.867 e. The quantitative estimate of drug-likeness (QED) is 0.352. The third kappa shape index (κ3) is 3.00. The summed E-state index contributed by atoms with van der Waals surface area (Å²) in [5.41, 5.74) is -0.604. The molecule has 0 unspecified atom stereocenters. The smallest absolute Gasteiger partial charge is 0.867 e. The number of nitro benzene ring substituents is 1. The van der Waals surface area contributed by atoms with Gasteiger partial charge in [0.2, 0.25) is 0 Å². The van der Waals surface area contributed by atoms with Crippen LogP contribution in [0.5, 0.6) is 5.75 Å². The maximum atomic E-state index is 10.9. The summed E-state index contributed by atoms with van der Waals surface area (Å²) in [6.07, 6.45) is 0. The summed E-state index contributed by atoms with van der Waals surface area (Å²) in [6.45, 7) is 0. The molecule has 13 heavy (non-hydrogen) atoms. The number of nitro groups is 1. The van der Waals surface area contributed by atoms with Gasteiger partial charge in [-0.05, 0) is 11.8 Å². The molecule has 0 atom stereocenters. The Bertz CT molecular complexity index is 345. The number of nitrogens with zero attached hydrogens (tertiary/aromatic N) is 1. The van der Waals surface area contributed by atoms with Crippen molar-refractivity contribution in [2.24, 2.45) is 0 Å². The fourth-order valence-corrected chi connectivity index (χ4v) is 1.17. The van der Waals surface area contributed by atoms with Crippen molar-refractivity contribution in [3.05, 3.63) is 32.3 Å². The molecular formula is C6H2Cl2NNaO3. The molecule has 0 aliphatic heterocycles. The topological polar surface area (TPSA) is 66.2 Å². The van der Waals surface area contributed by atoms with Gasteiger partial charge in [0.25, 0.3) is 5.69 Å². The van der Waals surface area contributed by atoms with E-state index in [1.165, 1.54) is 6.07 Å². The average molecular weight is 230 g/mol. The summed E-state index contributed by atoms with van der Waals surface area (Å²) in [6, 6.07) is 2.13. The van der Waals surface area contributed by atoms with Crippen LogP contribution in [-0.2, 0) is 0 Å². The Morgan fingerprint density at radius 1 is 1.31 bits per heavy atom. The van der Waals surface area contributed by atoms with E-state index in [0.29, 0.717) is 0 Å². The van der Waals surface area contributed by atoms with Gasteiger partial charge in [0.1, 0.15) is 0 Å². The number of rotatable bonds is 1. The second-order valence-corrected chi connectivity index (χ2v) is 2.84. The molecular weight excluding hydrogens is 228 g/mol. The molecule has 0 aliphatic carbocycles. The van der Waals surface area contributed by atoms with Crippen molar-refractivity contribution in [2.45, 2.75) is 0 Å². The van der Waals surface area contributed by atoms with Crippen molar-refractivity contribution in [3.63, 3.8) is 0 Å². The molecule has 0 aromatic heterocycles. The standard InChI is InChI=1S/C6H3Cl2NO3.Na/c7-3-1-4(8)6(10)5(2-3)9(11)12;/h1-2,10H;/q;+1/p-1. The second kappa shape index (κ2) is 5.02. The molecule has 0 amide bonds. The number of benzene rings is 1. The molecule has 4 nitrogen and oxygen atoms in total. The van der Waals surface area contributed by atoms with E-state index < -0.39 is 16.4 Å². The fourth-order valence-electron chi connectivity index (χ4n) is 0.682. The summed E-state index contributed by atoms with van der Waals surface area (Å²) in [5, 5.41) is 21.0. The molecule has 0 radical (unpaired) electrons. The first-order valence-corrected chi connectivity index (χ1v) is 3.58. The normalized spacial score (nSPS) is 9.08. The monoisotopic (exact) mass is 229 g/mol. The average Bonchev–Trinajstić information content (AvgIpc) is 1.96. The van der Waals surface area contributed by atoms with Crippen molar-refractivity contribution in [1.29, 1.82) is 0 Å². The van der Waals surface area contributed by atoms with Gasteiger partial charge in [-0.15, -0.1) is 0 Å². The minimum atomic E-state index is -0.819. The van der Waals surface area contributed by atoms with E-state index in [4.69, 9.17) is 23.2 Å². The molecule has 7 heteroatoms. The summed E-state index contributed by atoms with van der Waals surface area (Å²) >= 11 is 10.8. The molecule has 0 bridgehead atoms. The first-order chi connectivity index (χ1) is 5.52. The molecule has 1 aromatic rings. The maximum Gasteiger partial charge on any atom is 1.00 e. The molecule has 1 rings (SSSR count). The van der Waals surface area contributed by atoms with Crippen LogP contribution < -0.4 is 34.7 Å². The van der Waals surface area contributed by atoms with Crippen molar-refractivity contribution in [3.8, 4) is 5.75 Å². The number of halogens is 2. The van der Waals surface area contributed by atoms with Crippen LogP contribution in [0, 0.1) is 10.1 Å². The molecule has 0 N–H and O–H groups in total. The maximum absolute atomic E-state index is 10.9. The van der Waals surface area contributed by atoms with Gasteiger partial charge in [-0.3, -0.25) is 10.1 Å². The summed E-state index contributed by atoms with van der Waals surface area (Å²) in [7, 11) is 0. The van der Waals surface area contributed by atoms with Crippen LogP contribution in [-0.4, -0.2) is 4.92 Å². The van der Waals surface area contributed by atoms with Gasteiger partial charge in [0.05, 0.1) is 4.92 Å².